The summed E-state index contributed by atoms with van der Waals surface area (Å²) in [4.78, 5) is 8.07. The van der Waals surface area contributed by atoms with E-state index in [0.717, 1.165) is 18.8 Å². The fraction of sp³-hybridized carbons (Fsp3) is 0.500. The van der Waals surface area contributed by atoms with Gasteiger partial charge in [0.15, 0.2) is 0 Å². The van der Waals surface area contributed by atoms with Crippen LogP contribution in [-0.4, -0.2) is 26.7 Å². The zero-order valence-electron chi connectivity index (χ0n) is 7.70. The van der Waals surface area contributed by atoms with Crippen LogP contribution in [0.3, 0.4) is 0 Å². The highest BCUT2D eigenvalue weighted by atomic mass is 127. The maximum Gasteiger partial charge on any atom is 0.216 e. The molecule has 1 heterocycles. The summed E-state index contributed by atoms with van der Waals surface area (Å²) in [5, 5.41) is 0. The molecule has 0 unspecified atom stereocenters. The third-order valence-corrected chi connectivity index (χ3v) is 2.61. The monoisotopic (exact) mass is 293 g/mol. The first-order valence-corrected chi connectivity index (χ1v) is 4.98. The van der Waals surface area contributed by atoms with Crippen molar-refractivity contribution in [3.8, 4) is 5.88 Å². The van der Waals surface area contributed by atoms with Gasteiger partial charge in [-0.1, -0.05) is 6.92 Å². The molecule has 5 heteroatoms. The molecule has 0 aliphatic heterocycles. The number of halogens is 1. The van der Waals surface area contributed by atoms with Gasteiger partial charge in [0.05, 0.1) is 19.3 Å². The van der Waals surface area contributed by atoms with Crippen LogP contribution in [0.4, 0.5) is 0 Å². The number of aromatic nitrogens is 2. The second-order valence-electron chi connectivity index (χ2n) is 2.49. The highest BCUT2D eigenvalue weighted by molar-refractivity contribution is 14.1. The van der Waals surface area contributed by atoms with E-state index in [1.807, 2.05) is 6.07 Å². The van der Waals surface area contributed by atoms with Crippen molar-refractivity contribution in [2.24, 2.45) is 0 Å². The van der Waals surface area contributed by atoms with E-state index in [0.29, 0.717) is 5.88 Å². The molecule has 0 saturated carbocycles. The van der Waals surface area contributed by atoms with E-state index in [9.17, 15) is 0 Å². The van der Waals surface area contributed by atoms with Crippen molar-refractivity contribution in [1.82, 2.24) is 13.1 Å². The molecule has 1 aromatic rings. The third kappa shape index (κ3) is 3.43. The molecule has 0 spiro atoms. The summed E-state index contributed by atoms with van der Waals surface area (Å²) >= 11 is 2.26. The molecule has 1 aromatic heterocycles. The molecule has 0 aliphatic rings. The zero-order chi connectivity index (χ0) is 9.68. The average molecular weight is 293 g/mol. The Kier molecular flexibility index (Phi) is 4.37. The Bertz CT molecular complexity index is 269. The van der Waals surface area contributed by atoms with Crippen LogP contribution in [0.2, 0.25) is 0 Å². The van der Waals surface area contributed by atoms with Gasteiger partial charge in [-0.2, -0.15) is 0 Å². The zero-order valence-corrected chi connectivity index (χ0v) is 9.85. The van der Waals surface area contributed by atoms with Gasteiger partial charge in [0.25, 0.3) is 0 Å². The van der Waals surface area contributed by atoms with Gasteiger partial charge in [-0.15, -0.1) is 0 Å². The molecule has 0 aliphatic carbocycles. The van der Waals surface area contributed by atoms with E-state index in [-0.39, 0.29) is 0 Å². The van der Waals surface area contributed by atoms with Crippen LogP contribution in [0.5, 0.6) is 5.88 Å². The normalized spacial score (nSPS) is 10.5. The Labute approximate surface area is 91.8 Å². The summed E-state index contributed by atoms with van der Waals surface area (Å²) in [7, 11) is 1.60. The molecular weight excluding hydrogens is 281 g/mol. The predicted molar refractivity (Wildman–Crippen MR) is 58.7 cm³/mol. The van der Waals surface area contributed by atoms with Gasteiger partial charge in [-0.25, -0.2) is 13.1 Å². The summed E-state index contributed by atoms with van der Waals surface area (Å²) < 4.78 is 7.14. The fourth-order valence-electron chi connectivity index (χ4n) is 0.863. The number of methoxy groups -OCH3 is 1. The van der Waals surface area contributed by atoms with Crippen molar-refractivity contribution < 1.29 is 4.74 Å². The molecule has 0 amide bonds. The summed E-state index contributed by atoms with van der Waals surface area (Å²) in [6.07, 6.45) is 1.52. The van der Waals surface area contributed by atoms with Crippen LogP contribution in [0.25, 0.3) is 0 Å². The molecule has 0 N–H and O–H groups in total. The molecular formula is C8H12IN3O. The minimum Gasteiger partial charge on any atom is -0.481 e. The van der Waals surface area contributed by atoms with E-state index in [4.69, 9.17) is 4.74 Å². The van der Waals surface area contributed by atoms with Crippen molar-refractivity contribution in [3.63, 3.8) is 0 Å². The largest absolute Gasteiger partial charge is 0.481 e. The van der Waals surface area contributed by atoms with E-state index < -0.39 is 0 Å². The Balaban J connectivity index is 2.66. The summed E-state index contributed by atoms with van der Waals surface area (Å²) in [5.41, 5.74) is 0.975. The third-order valence-electron chi connectivity index (χ3n) is 1.58. The SMILES string of the molecule is CCN(I)Cc1cc(OC)ncn1. The first-order chi connectivity index (χ1) is 6.26. The van der Waals surface area contributed by atoms with Crippen molar-refractivity contribution in [1.29, 1.82) is 0 Å². The average Bonchev–Trinajstić information content (AvgIpc) is 2.18. The lowest BCUT2D eigenvalue weighted by atomic mass is 10.4. The standard InChI is InChI=1S/C8H12IN3O/c1-3-12(9)5-7-4-8(13-2)11-6-10-7/h4,6H,3,5H2,1-2H3. The number of nitrogens with zero attached hydrogens (tertiary/aromatic N) is 3. The van der Waals surface area contributed by atoms with Crippen LogP contribution in [0, 0.1) is 0 Å². The van der Waals surface area contributed by atoms with Gasteiger partial charge in [-0.05, 0) is 0 Å². The molecule has 1 rings (SSSR count). The van der Waals surface area contributed by atoms with Gasteiger partial charge in [0.1, 0.15) is 6.33 Å². The van der Waals surface area contributed by atoms with Gasteiger partial charge in [-0.3, -0.25) is 0 Å². The Morgan fingerprint density at radius 3 is 2.92 bits per heavy atom. The molecule has 0 saturated heterocycles. The van der Waals surface area contributed by atoms with Gasteiger partial charge in [0, 0.05) is 35.5 Å². The molecule has 72 valence electrons. The maximum absolute atomic E-state index is 5.00. The second kappa shape index (κ2) is 5.33. The topological polar surface area (TPSA) is 38.2 Å². The lowest BCUT2D eigenvalue weighted by molar-refractivity contribution is 0.394. The predicted octanol–water partition coefficient (Wildman–Crippen LogP) is 1.66. The Morgan fingerprint density at radius 2 is 2.31 bits per heavy atom. The maximum atomic E-state index is 5.00. The lowest BCUT2D eigenvalue weighted by Crippen LogP contribution is -2.10. The van der Waals surface area contributed by atoms with Crippen LogP contribution in [-0.2, 0) is 6.54 Å². The van der Waals surface area contributed by atoms with Crippen LogP contribution < -0.4 is 4.74 Å². The molecule has 0 atom stereocenters. The van der Waals surface area contributed by atoms with Gasteiger partial charge in [0.2, 0.25) is 5.88 Å². The number of hydrogen-bond donors (Lipinski definition) is 0. The van der Waals surface area contributed by atoms with Crippen LogP contribution in [0.1, 0.15) is 12.6 Å². The summed E-state index contributed by atoms with van der Waals surface area (Å²) in [6, 6.07) is 1.85. The first kappa shape index (κ1) is 10.6. The highest BCUT2D eigenvalue weighted by Crippen LogP contribution is 2.10. The molecule has 0 radical (unpaired) electrons. The van der Waals surface area contributed by atoms with Crippen molar-refractivity contribution in [3.05, 3.63) is 18.1 Å². The van der Waals surface area contributed by atoms with Crippen molar-refractivity contribution in [2.45, 2.75) is 13.5 Å². The van der Waals surface area contributed by atoms with E-state index in [1.54, 1.807) is 7.11 Å². The van der Waals surface area contributed by atoms with Crippen LogP contribution in [0.15, 0.2) is 12.4 Å². The van der Waals surface area contributed by atoms with Crippen LogP contribution >= 0.6 is 22.9 Å². The second-order valence-corrected chi connectivity index (χ2v) is 3.85. The minimum atomic E-state index is 0.617. The smallest absolute Gasteiger partial charge is 0.216 e. The summed E-state index contributed by atoms with van der Waals surface area (Å²) in [5.74, 6) is 0.617. The number of rotatable bonds is 4. The van der Waals surface area contributed by atoms with Gasteiger partial charge < -0.3 is 4.74 Å². The molecule has 13 heavy (non-hydrogen) atoms. The minimum absolute atomic E-state index is 0.617. The Morgan fingerprint density at radius 1 is 1.54 bits per heavy atom. The highest BCUT2D eigenvalue weighted by Gasteiger charge is 2.02. The number of ether oxygens (including phenoxy) is 1. The fourth-order valence-corrected chi connectivity index (χ4v) is 1.21. The molecule has 0 aromatic carbocycles. The lowest BCUT2D eigenvalue weighted by Gasteiger charge is -2.10. The van der Waals surface area contributed by atoms with E-state index in [1.165, 1.54) is 6.33 Å². The Hall–Kier alpha value is -0.430. The molecule has 4 nitrogen and oxygen atoms in total. The van der Waals surface area contributed by atoms with Crippen molar-refractivity contribution in [2.75, 3.05) is 13.7 Å². The van der Waals surface area contributed by atoms with Crippen molar-refractivity contribution >= 4 is 22.9 Å². The van der Waals surface area contributed by atoms with E-state index in [2.05, 4.69) is 42.9 Å². The van der Waals surface area contributed by atoms with E-state index >= 15 is 0 Å². The molecule has 0 bridgehead atoms. The summed E-state index contributed by atoms with van der Waals surface area (Å²) in [6.45, 7) is 3.91. The number of hydrogen-bond acceptors (Lipinski definition) is 4. The quantitative estimate of drug-likeness (QED) is 0.625. The molecule has 0 fully saturated rings. The first-order valence-electron chi connectivity index (χ1n) is 4.02. The van der Waals surface area contributed by atoms with Gasteiger partial charge >= 0.3 is 0 Å².